The number of carbonyl (C=O) groups excluding carboxylic acids is 3. The molecular weight excluding hydrogens is 438 g/mol. The number of nitrogens with zero attached hydrogens (tertiary/aromatic N) is 1. The minimum Gasteiger partial charge on any atom is -0.495 e. The molecule has 0 bridgehead atoms. The molecule has 0 spiro atoms. The van der Waals surface area contributed by atoms with E-state index in [2.05, 4.69) is 10.6 Å². The number of unbranched alkanes of at least 4 members (excludes halogenated alkanes) is 1. The summed E-state index contributed by atoms with van der Waals surface area (Å²) in [6.45, 7) is 3.94. The largest absolute Gasteiger partial charge is 0.495 e. The van der Waals surface area contributed by atoms with E-state index in [1.54, 1.807) is 0 Å². The van der Waals surface area contributed by atoms with Gasteiger partial charge in [-0.05, 0) is 44.4 Å². The third kappa shape index (κ3) is 6.67. The van der Waals surface area contributed by atoms with Gasteiger partial charge in [0.2, 0.25) is 10.0 Å². The van der Waals surface area contributed by atoms with Crippen LogP contribution in [0.1, 0.15) is 56.3 Å². The lowest BCUT2D eigenvalue weighted by molar-refractivity contribution is -0.123. The van der Waals surface area contributed by atoms with Gasteiger partial charge in [-0.2, -0.15) is 4.31 Å². The van der Waals surface area contributed by atoms with Crippen molar-refractivity contribution >= 4 is 27.9 Å². The molecule has 10 nitrogen and oxygen atoms in total. The first kappa shape index (κ1) is 25.6. The summed E-state index contributed by atoms with van der Waals surface area (Å²) < 4.78 is 38.0. The van der Waals surface area contributed by atoms with Crippen molar-refractivity contribution in [3.05, 3.63) is 23.8 Å². The van der Waals surface area contributed by atoms with Crippen molar-refractivity contribution in [3.8, 4) is 5.75 Å². The molecule has 1 aromatic carbocycles. The lowest BCUT2D eigenvalue weighted by atomic mass is 10.1. The number of sulfonamides is 1. The molecule has 3 amide bonds. The molecule has 0 saturated carbocycles. The number of benzene rings is 1. The van der Waals surface area contributed by atoms with Crippen molar-refractivity contribution in [1.82, 2.24) is 14.9 Å². The minimum atomic E-state index is -3.90. The lowest BCUT2D eigenvalue weighted by Crippen LogP contribution is -2.42. The Balaban J connectivity index is 2.08. The summed E-state index contributed by atoms with van der Waals surface area (Å²) in [6.07, 6.45) is 4.13. The van der Waals surface area contributed by atoms with E-state index >= 15 is 0 Å². The van der Waals surface area contributed by atoms with Gasteiger partial charge in [0.1, 0.15) is 10.6 Å². The number of carbonyl (C=O) groups is 3. The molecule has 1 aliphatic heterocycles. The van der Waals surface area contributed by atoms with Crippen LogP contribution >= 0.6 is 0 Å². The number of hydrogen-bond acceptors (Lipinski definition) is 7. The van der Waals surface area contributed by atoms with E-state index in [9.17, 15) is 22.8 Å². The summed E-state index contributed by atoms with van der Waals surface area (Å²) in [5, 5.41) is 4.57. The molecule has 0 aliphatic carbocycles. The number of amides is 3. The molecule has 1 unspecified atom stereocenters. The van der Waals surface area contributed by atoms with Gasteiger partial charge in [0.25, 0.3) is 5.91 Å². The van der Waals surface area contributed by atoms with E-state index in [0.717, 1.165) is 32.1 Å². The molecule has 2 rings (SSSR count). The van der Waals surface area contributed by atoms with Crippen LogP contribution in [-0.2, 0) is 19.6 Å². The Kier molecular flexibility index (Phi) is 9.45. The van der Waals surface area contributed by atoms with E-state index in [4.69, 9.17) is 9.47 Å². The predicted octanol–water partition coefficient (Wildman–Crippen LogP) is 2.04. The van der Waals surface area contributed by atoms with E-state index < -0.39 is 34.5 Å². The molecule has 1 aromatic rings. The Labute approximate surface area is 188 Å². The van der Waals surface area contributed by atoms with Gasteiger partial charge in [0.05, 0.1) is 12.7 Å². The number of rotatable bonds is 9. The summed E-state index contributed by atoms with van der Waals surface area (Å²) in [5.74, 6) is -1.57. The minimum absolute atomic E-state index is 0.0470. The van der Waals surface area contributed by atoms with Gasteiger partial charge in [-0.25, -0.2) is 18.0 Å². The molecule has 2 N–H and O–H groups in total. The Morgan fingerprint density at radius 2 is 1.97 bits per heavy atom. The van der Waals surface area contributed by atoms with Gasteiger partial charge in [0.15, 0.2) is 6.61 Å². The third-order valence-electron chi connectivity index (χ3n) is 5.13. The summed E-state index contributed by atoms with van der Waals surface area (Å²) in [5.41, 5.74) is -0.0470. The van der Waals surface area contributed by atoms with Gasteiger partial charge < -0.3 is 14.8 Å². The highest BCUT2D eigenvalue weighted by Gasteiger charge is 2.33. The SMILES string of the molecule is CCCCNC(=O)NC(=O)COC(=O)c1ccc(OC)c(S(=O)(=O)N2CCCCC2C)c1. The highest BCUT2D eigenvalue weighted by atomic mass is 32.2. The second-order valence-corrected chi connectivity index (χ2v) is 9.42. The summed E-state index contributed by atoms with van der Waals surface area (Å²) in [7, 11) is -2.55. The average Bonchev–Trinajstić information content (AvgIpc) is 2.77. The van der Waals surface area contributed by atoms with Crippen LogP contribution in [0.5, 0.6) is 5.75 Å². The van der Waals surface area contributed by atoms with Crippen LogP contribution in [0.3, 0.4) is 0 Å². The van der Waals surface area contributed by atoms with Gasteiger partial charge >= 0.3 is 12.0 Å². The molecule has 11 heteroatoms. The lowest BCUT2D eigenvalue weighted by Gasteiger charge is -2.32. The van der Waals surface area contributed by atoms with E-state index in [1.807, 2.05) is 13.8 Å². The number of hydrogen-bond donors (Lipinski definition) is 2. The topological polar surface area (TPSA) is 131 Å². The number of methoxy groups -OCH3 is 1. The van der Waals surface area contributed by atoms with Gasteiger partial charge in [-0.3, -0.25) is 10.1 Å². The Hall–Kier alpha value is -2.66. The molecule has 1 aliphatic rings. The molecule has 32 heavy (non-hydrogen) atoms. The van der Waals surface area contributed by atoms with Crippen molar-refractivity contribution in [3.63, 3.8) is 0 Å². The molecule has 0 radical (unpaired) electrons. The smallest absolute Gasteiger partial charge is 0.338 e. The first-order chi connectivity index (χ1) is 15.2. The second kappa shape index (κ2) is 11.8. The average molecular weight is 470 g/mol. The standard InChI is InChI=1S/C21H31N3O7S/c1-4-5-11-22-21(27)23-19(25)14-31-20(26)16-9-10-17(30-3)18(13-16)32(28,29)24-12-7-6-8-15(24)2/h9-10,13,15H,4-8,11-12,14H2,1-3H3,(H2,22,23,25,27). The summed E-state index contributed by atoms with van der Waals surface area (Å²) >= 11 is 0. The first-order valence-electron chi connectivity index (χ1n) is 10.6. The van der Waals surface area contributed by atoms with Crippen molar-refractivity contribution in [2.45, 2.75) is 56.9 Å². The van der Waals surface area contributed by atoms with Crippen molar-refractivity contribution in [1.29, 1.82) is 0 Å². The Morgan fingerprint density at radius 1 is 1.22 bits per heavy atom. The fraction of sp³-hybridized carbons (Fsp3) is 0.571. The van der Waals surface area contributed by atoms with Crippen LogP contribution in [0.25, 0.3) is 0 Å². The highest BCUT2D eigenvalue weighted by molar-refractivity contribution is 7.89. The van der Waals surface area contributed by atoms with Crippen LogP contribution in [0.15, 0.2) is 23.1 Å². The van der Waals surface area contributed by atoms with Gasteiger partial charge in [-0.15, -0.1) is 0 Å². The maximum absolute atomic E-state index is 13.2. The zero-order valence-electron chi connectivity index (χ0n) is 18.7. The molecular formula is C21H31N3O7S. The number of piperidine rings is 1. The molecule has 1 atom stereocenters. The van der Waals surface area contributed by atoms with Crippen LogP contribution in [0, 0.1) is 0 Å². The van der Waals surface area contributed by atoms with Crippen molar-refractivity contribution in [2.75, 3.05) is 26.8 Å². The molecule has 1 saturated heterocycles. The van der Waals surface area contributed by atoms with Crippen molar-refractivity contribution < 1.29 is 32.3 Å². The number of imide groups is 1. The summed E-state index contributed by atoms with van der Waals surface area (Å²) in [4.78, 5) is 35.7. The van der Waals surface area contributed by atoms with Crippen molar-refractivity contribution in [2.24, 2.45) is 0 Å². The molecule has 0 aromatic heterocycles. The number of ether oxygens (including phenoxy) is 2. The Bertz CT molecular complexity index is 933. The maximum atomic E-state index is 13.2. The fourth-order valence-corrected chi connectivity index (χ4v) is 5.24. The number of urea groups is 1. The highest BCUT2D eigenvalue weighted by Crippen LogP contribution is 2.31. The van der Waals surface area contributed by atoms with E-state index in [1.165, 1.54) is 29.6 Å². The first-order valence-corrected chi connectivity index (χ1v) is 12.1. The molecule has 1 fully saturated rings. The van der Waals surface area contributed by atoms with Gasteiger partial charge in [-0.1, -0.05) is 19.8 Å². The molecule has 178 valence electrons. The predicted molar refractivity (Wildman–Crippen MR) is 117 cm³/mol. The zero-order valence-corrected chi connectivity index (χ0v) is 19.5. The van der Waals surface area contributed by atoms with Crippen LogP contribution in [0.4, 0.5) is 4.79 Å². The van der Waals surface area contributed by atoms with Gasteiger partial charge in [0, 0.05) is 19.1 Å². The number of nitrogens with one attached hydrogen (secondary N) is 2. The normalized spacial score (nSPS) is 16.8. The maximum Gasteiger partial charge on any atom is 0.338 e. The molecule has 1 heterocycles. The monoisotopic (exact) mass is 469 g/mol. The second-order valence-electron chi connectivity index (χ2n) is 7.56. The fourth-order valence-electron chi connectivity index (χ4n) is 3.36. The summed E-state index contributed by atoms with van der Waals surface area (Å²) in [6, 6.07) is 3.08. The van der Waals surface area contributed by atoms with Crippen LogP contribution < -0.4 is 15.4 Å². The third-order valence-corrected chi connectivity index (χ3v) is 7.17. The van der Waals surface area contributed by atoms with Crippen LogP contribution in [-0.4, -0.2) is 63.5 Å². The van der Waals surface area contributed by atoms with Crippen LogP contribution in [0.2, 0.25) is 0 Å². The van der Waals surface area contributed by atoms with E-state index in [-0.39, 0.29) is 22.3 Å². The Morgan fingerprint density at radius 3 is 2.62 bits per heavy atom. The van der Waals surface area contributed by atoms with E-state index in [0.29, 0.717) is 13.1 Å². The number of esters is 1. The zero-order chi connectivity index (χ0) is 23.7. The quantitative estimate of drug-likeness (QED) is 0.418.